The lowest BCUT2D eigenvalue weighted by atomic mass is 9.74. The van der Waals surface area contributed by atoms with Gasteiger partial charge in [-0.2, -0.15) is 0 Å². The quantitative estimate of drug-likeness (QED) is 0.859. The predicted octanol–water partition coefficient (Wildman–Crippen LogP) is 0.542. The SMILES string of the molecule is Cc1cc(C(=O)N2CC(C(=O)O)OCC23CCC3)cc(=O)n1C. The van der Waals surface area contributed by atoms with Gasteiger partial charge >= 0.3 is 5.97 Å². The Morgan fingerprint density at radius 3 is 2.57 bits per heavy atom. The van der Waals surface area contributed by atoms with Gasteiger partial charge in [0.25, 0.3) is 11.5 Å². The van der Waals surface area contributed by atoms with Crippen LogP contribution in [0, 0.1) is 6.92 Å². The first-order valence-electron chi connectivity index (χ1n) is 7.68. The molecule has 0 bridgehead atoms. The zero-order valence-electron chi connectivity index (χ0n) is 13.2. The third-order valence-corrected chi connectivity index (χ3v) is 5.03. The van der Waals surface area contributed by atoms with E-state index in [0.717, 1.165) is 19.3 Å². The first-order chi connectivity index (χ1) is 10.8. The molecule has 124 valence electrons. The fraction of sp³-hybridized carbons (Fsp3) is 0.562. The molecule has 1 saturated heterocycles. The maximum absolute atomic E-state index is 12.9. The summed E-state index contributed by atoms with van der Waals surface area (Å²) >= 11 is 0. The lowest BCUT2D eigenvalue weighted by Gasteiger charge is -2.53. The van der Waals surface area contributed by atoms with Crippen LogP contribution in [0.5, 0.6) is 0 Å². The summed E-state index contributed by atoms with van der Waals surface area (Å²) in [5.74, 6) is -1.36. The summed E-state index contributed by atoms with van der Waals surface area (Å²) in [6.07, 6.45) is 1.57. The van der Waals surface area contributed by atoms with Crippen molar-refractivity contribution in [1.82, 2.24) is 9.47 Å². The van der Waals surface area contributed by atoms with Gasteiger partial charge in [0.05, 0.1) is 18.7 Å². The standard InChI is InChI=1S/C16H20N2O5/c1-10-6-11(7-13(19)17(10)2)14(20)18-8-12(15(21)22)23-9-16(18)4-3-5-16/h6-7,12H,3-5,8-9H2,1-2H3,(H,21,22). The van der Waals surface area contributed by atoms with Crippen molar-refractivity contribution in [2.75, 3.05) is 13.2 Å². The second-order valence-electron chi connectivity index (χ2n) is 6.41. The number of aromatic nitrogens is 1. The molecule has 3 rings (SSSR count). The number of hydrogen-bond acceptors (Lipinski definition) is 4. The molecular weight excluding hydrogens is 300 g/mol. The van der Waals surface area contributed by atoms with Crippen molar-refractivity contribution < 1.29 is 19.4 Å². The first kappa shape index (κ1) is 15.7. The van der Waals surface area contributed by atoms with E-state index in [4.69, 9.17) is 4.74 Å². The number of amides is 1. The molecule has 1 unspecified atom stereocenters. The number of morpholine rings is 1. The van der Waals surface area contributed by atoms with Gasteiger partial charge in [-0.3, -0.25) is 9.59 Å². The minimum Gasteiger partial charge on any atom is -0.479 e. The van der Waals surface area contributed by atoms with Gasteiger partial charge in [0.2, 0.25) is 0 Å². The fourth-order valence-electron chi connectivity index (χ4n) is 3.24. The van der Waals surface area contributed by atoms with Crippen LogP contribution < -0.4 is 5.56 Å². The zero-order valence-corrected chi connectivity index (χ0v) is 13.2. The molecule has 1 aromatic rings. The molecule has 7 nitrogen and oxygen atoms in total. The van der Waals surface area contributed by atoms with Crippen LogP contribution in [0.1, 0.15) is 35.3 Å². The second-order valence-corrected chi connectivity index (χ2v) is 6.41. The average molecular weight is 320 g/mol. The number of aliphatic carboxylic acids is 1. The molecule has 1 N–H and O–H groups in total. The van der Waals surface area contributed by atoms with E-state index < -0.39 is 17.6 Å². The van der Waals surface area contributed by atoms with Crippen LogP contribution in [0.15, 0.2) is 16.9 Å². The molecule has 1 spiro atoms. The second kappa shape index (κ2) is 5.49. The number of ether oxygens (including phenoxy) is 1. The highest BCUT2D eigenvalue weighted by Crippen LogP contribution is 2.41. The maximum Gasteiger partial charge on any atom is 0.334 e. The third kappa shape index (κ3) is 2.55. The molecule has 1 aromatic heterocycles. The number of aryl methyl sites for hydroxylation is 1. The molecule has 2 heterocycles. The van der Waals surface area contributed by atoms with Crippen molar-refractivity contribution in [3.05, 3.63) is 33.7 Å². The van der Waals surface area contributed by atoms with Crippen LogP contribution in [0.2, 0.25) is 0 Å². The smallest absolute Gasteiger partial charge is 0.334 e. The fourth-order valence-corrected chi connectivity index (χ4v) is 3.24. The summed E-state index contributed by atoms with van der Waals surface area (Å²) in [5.41, 5.74) is 0.325. The van der Waals surface area contributed by atoms with E-state index in [-0.39, 0.29) is 24.6 Å². The van der Waals surface area contributed by atoms with E-state index in [2.05, 4.69) is 0 Å². The Balaban J connectivity index is 1.94. The third-order valence-electron chi connectivity index (χ3n) is 5.03. The van der Waals surface area contributed by atoms with Gasteiger partial charge in [-0.15, -0.1) is 0 Å². The van der Waals surface area contributed by atoms with E-state index in [1.54, 1.807) is 24.9 Å². The molecule has 0 aromatic carbocycles. The molecule has 2 fully saturated rings. The van der Waals surface area contributed by atoms with Crippen molar-refractivity contribution in [3.63, 3.8) is 0 Å². The summed E-state index contributed by atoms with van der Waals surface area (Å²) in [6, 6.07) is 2.98. The van der Waals surface area contributed by atoms with E-state index in [0.29, 0.717) is 11.3 Å². The summed E-state index contributed by atoms with van der Waals surface area (Å²) in [7, 11) is 1.65. The molecule has 1 saturated carbocycles. The molecule has 1 amide bonds. The highest BCUT2D eigenvalue weighted by atomic mass is 16.5. The predicted molar refractivity (Wildman–Crippen MR) is 81.4 cm³/mol. The van der Waals surface area contributed by atoms with Crippen molar-refractivity contribution in [3.8, 4) is 0 Å². The molecule has 7 heteroatoms. The maximum atomic E-state index is 12.9. The van der Waals surface area contributed by atoms with Crippen molar-refractivity contribution in [2.45, 2.75) is 37.8 Å². The molecule has 23 heavy (non-hydrogen) atoms. The van der Waals surface area contributed by atoms with E-state index in [9.17, 15) is 19.5 Å². The lowest BCUT2D eigenvalue weighted by molar-refractivity contribution is -0.169. The van der Waals surface area contributed by atoms with Crippen molar-refractivity contribution in [1.29, 1.82) is 0 Å². The summed E-state index contributed by atoms with van der Waals surface area (Å²) in [5, 5.41) is 9.18. The van der Waals surface area contributed by atoms with Crippen molar-refractivity contribution >= 4 is 11.9 Å². The van der Waals surface area contributed by atoms with Crippen LogP contribution in [0.4, 0.5) is 0 Å². The summed E-state index contributed by atoms with van der Waals surface area (Å²) in [4.78, 5) is 37.7. The molecule has 2 aliphatic rings. The zero-order chi connectivity index (χ0) is 16.8. The minimum absolute atomic E-state index is 0.0163. The number of carboxylic acids is 1. The van der Waals surface area contributed by atoms with Gasteiger partial charge in [-0.05, 0) is 32.3 Å². The van der Waals surface area contributed by atoms with Crippen LogP contribution in [0.25, 0.3) is 0 Å². The summed E-state index contributed by atoms with van der Waals surface area (Å²) < 4.78 is 6.89. The number of hydrogen-bond donors (Lipinski definition) is 1. The first-order valence-corrected chi connectivity index (χ1v) is 7.68. The Hall–Kier alpha value is -2.15. The van der Waals surface area contributed by atoms with Gasteiger partial charge in [0.1, 0.15) is 0 Å². The molecule has 0 radical (unpaired) electrons. The Kier molecular flexibility index (Phi) is 3.75. The van der Waals surface area contributed by atoms with E-state index in [1.807, 2.05) is 0 Å². The largest absolute Gasteiger partial charge is 0.479 e. The van der Waals surface area contributed by atoms with Crippen LogP contribution in [-0.2, 0) is 16.6 Å². The Bertz CT molecular complexity index is 720. The number of carbonyl (C=O) groups is 2. The van der Waals surface area contributed by atoms with E-state index >= 15 is 0 Å². The van der Waals surface area contributed by atoms with Gasteiger partial charge in [-0.25, -0.2) is 4.79 Å². The van der Waals surface area contributed by atoms with Gasteiger partial charge < -0.3 is 19.3 Å². The number of carboxylic acid groups (broad SMARTS) is 1. The molecular formula is C16H20N2O5. The molecule has 1 aliphatic heterocycles. The topological polar surface area (TPSA) is 88.8 Å². The normalized spacial score (nSPS) is 22.7. The van der Waals surface area contributed by atoms with Gasteiger partial charge in [-0.1, -0.05) is 0 Å². The number of carbonyl (C=O) groups excluding carboxylic acids is 1. The molecule has 1 atom stereocenters. The number of pyridine rings is 1. The van der Waals surface area contributed by atoms with Crippen LogP contribution in [-0.4, -0.2) is 51.2 Å². The minimum atomic E-state index is -1.07. The average Bonchev–Trinajstić information content (AvgIpc) is 2.49. The van der Waals surface area contributed by atoms with Gasteiger partial charge in [0, 0.05) is 24.4 Å². The number of rotatable bonds is 2. The van der Waals surface area contributed by atoms with Gasteiger partial charge in [0.15, 0.2) is 6.10 Å². The van der Waals surface area contributed by atoms with Crippen molar-refractivity contribution in [2.24, 2.45) is 7.05 Å². The Morgan fingerprint density at radius 2 is 2.04 bits per heavy atom. The van der Waals surface area contributed by atoms with Crippen LogP contribution >= 0.6 is 0 Å². The monoisotopic (exact) mass is 320 g/mol. The Morgan fingerprint density at radius 1 is 1.35 bits per heavy atom. The lowest BCUT2D eigenvalue weighted by Crippen LogP contribution is -2.65. The van der Waals surface area contributed by atoms with E-state index in [1.165, 1.54) is 10.6 Å². The van der Waals surface area contributed by atoms with Crippen LogP contribution in [0.3, 0.4) is 0 Å². The molecule has 1 aliphatic carbocycles. The Labute approximate surface area is 133 Å². The highest BCUT2D eigenvalue weighted by molar-refractivity contribution is 5.95. The summed E-state index contributed by atoms with van der Waals surface area (Å²) in [6.45, 7) is 2.01. The highest BCUT2D eigenvalue weighted by Gasteiger charge is 2.50. The number of nitrogens with zero attached hydrogens (tertiary/aromatic N) is 2.